The van der Waals surface area contributed by atoms with Crippen LogP contribution in [-0.2, 0) is 11.3 Å². The Morgan fingerprint density at radius 1 is 1.14 bits per heavy atom. The van der Waals surface area contributed by atoms with Gasteiger partial charge in [0.2, 0.25) is 0 Å². The van der Waals surface area contributed by atoms with Crippen molar-refractivity contribution in [3.8, 4) is 11.5 Å². The second kappa shape index (κ2) is 4.81. The van der Waals surface area contributed by atoms with E-state index >= 15 is 0 Å². The Morgan fingerprint density at radius 2 is 1.86 bits per heavy atom. The van der Waals surface area contributed by atoms with E-state index in [1.807, 2.05) is 30.3 Å². The summed E-state index contributed by atoms with van der Waals surface area (Å²) in [6.45, 7) is 3.95. The molecule has 4 nitrogen and oxygen atoms in total. The summed E-state index contributed by atoms with van der Waals surface area (Å²) in [4.78, 5) is 14.3. The summed E-state index contributed by atoms with van der Waals surface area (Å²) in [5, 5.41) is 9.62. The highest BCUT2D eigenvalue weighted by Gasteiger charge is 2.40. The number of aromatic hydroxyl groups is 1. The first kappa shape index (κ1) is 13.5. The molecule has 0 spiro atoms. The fraction of sp³-hybridized carbons (Fsp3) is 0.235. The van der Waals surface area contributed by atoms with E-state index < -0.39 is 5.60 Å². The van der Waals surface area contributed by atoms with Crippen LogP contribution in [0.3, 0.4) is 0 Å². The van der Waals surface area contributed by atoms with Crippen LogP contribution >= 0.6 is 0 Å². The third kappa shape index (κ3) is 2.44. The van der Waals surface area contributed by atoms with Gasteiger partial charge >= 0.3 is 0 Å². The zero-order chi connectivity index (χ0) is 15.0. The molecule has 0 aliphatic carbocycles. The van der Waals surface area contributed by atoms with Crippen molar-refractivity contribution in [2.45, 2.75) is 26.0 Å². The van der Waals surface area contributed by atoms with E-state index in [2.05, 4.69) is 0 Å². The average Bonchev–Trinajstić information content (AvgIpc) is 2.44. The first-order valence-electron chi connectivity index (χ1n) is 6.85. The number of phenolic OH excluding ortho intramolecular Hbond substituents is 1. The van der Waals surface area contributed by atoms with Crippen LogP contribution in [0.1, 0.15) is 19.4 Å². The fourth-order valence-corrected chi connectivity index (χ4v) is 2.48. The van der Waals surface area contributed by atoms with E-state index in [9.17, 15) is 9.90 Å². The second-order valence-corrected chi connectivity index (χ2v) is 5.64. The number of anilines is 1. The van der Waals surface area contributed by atoms with Crippen molar-refractivity contribution in [3.05, 3.63) is 54.1 Å². The Balaban J connectivity index is 2.04. The van der Waals surface area contributed by atoms with E-state index in [0.29, 0.717) is 18.0 Å². The minimum Gasteiger partial charge on any atom is -0.508 e. The first-order valence-corrected chi connectivity index (χ1v) is 6.85. The molecule has 0 aromatic heterocycles. The van der Waals surface area contributed by atoms with Crippen molar-refractivity contribution < 1.29 is 14.6 Å². The summed E-state index contributed by atoms with van der Waals surface area (Å²) in [7, 11) is 0. The lowest BCUT2D eigenvalue weighted by atomic mass is 10.0. The largest absolute Gasteiger partial charge is 0.508 e. The summed E-state index contributed by atoms with van der Waals surface area (Å²) in [5.74, 6) is 0.554. The quantitative estimate of drug-likeness (QED) is 0.921. The van der Waals surface area contributed by atoms with Crippen molar-refractivity contribution in [2.24, 2.45) is 0 Å². The molecule has 2 aromatic carbocycles. The van der Waals surface area contributed by atoms with Crippen LogP contribution in [-0.4, -0.2) is 16.6 Å². The molecule has 0 saturated carbocycles. The van der Waals surface area contributed by atoms with E-state index in [1.54, 1.807) is 36.9 Å². The number of carbonyl (C=O) groups excluding carboxylic acids is 1. The second-order valence-electron chi connectivity index (χ2n) is 5.64. The molecule has 21 heavy (non-hydrogen) atoms. The Kier molecular flexibility index (Phi) is 3.09. The number of benzene rings is 2. The maximum absolute atomic E-state index is 12.6. The van der Waals surface area contributed by atoms with Gasteiger partial charge in [-0.2, -0.15) is 0 Å². The van der Waals surface area contributed by atoms with Crippen molar-refractivity contribution in [3.63, 3.8) is 0 Å². The van der Waals surface area contributed by atoms with E-state index in [-0.39, 0.29) is 11.7 Å². The molecule has 2 aromatic rings. The van der Waals surface area contributed by atoms with Gasteiger partial charge in [-0.05, 0) is 31.5 Å². The number of ether oxygens (including phenoxy) is 1. The molecular formula is C17H17NO3. The van der Waals surface area contributed by atoms with Gasteiger partial charge in [0.05, 0.1) is 12.2 Å². The minimum atomic E-state index is -0.949. The summed E-state index contributed by atoms with van der Waals surface area (Å²) in [6, 6.07) is 14.6. The molecule has 1 aliphatic rings. The smallest absolute Gasteiger partial charge is 0.271 e. The molecule has 108 valence electrons. The maximum atomic E-state index is 12.6. The van der Waals surface area contributed by atoms with Crippen LogP contribution in [0.5, 0.6) is 11.5 Å². The van der Waals surface area contributed by atoms with Gasteiger partial charge in [-0.3, -0.25) is 4.79 Å². The third-order valence-corrected chi connectivity index (χ3v) is 3.54. The summed E-state index contributed by atoms with van der Waals surface area (Å²) < 4.78 is 5.73. The predicted octanol–water partition coefficient (Wildman–Crippen LogP) is 3.10. The Hall–Kier alpha value is -2.49. The predicted molar refractivity (Wildman–Crippen MR) is 80.4 cm³/mol. The Morgan fingerprint density at radius 3 is 2.57 bits per heavy atom. The molecule has 0 unspecified atom stereocenters. The topological polar surface area (TPSA) is 49.8 Å². The monoisotopic (exact) mass is 283 g/mol. The van der Waals surface area contributed by atoms with Gasteiger partial charge in [0.15, 0.2) is 5.60 Å². The van der Waals surface area contributed by atoms with Crippen LogP contribution in [0.2, 0.25) is 0 Å². The van der Waals surface area contributed by atoms with Crippen LogP contribution < -0.4 is 9.64 Å². The van der Waals surface area contributed by atoms with E-state index in [1.165, 1.54) is 0 Å². The van der Waals surface area contributed by atoms with Gasteiger partial charge in [-0.25, -0.2) is 0 Å². The molecule has 0 atom stereocenters. The van der Waals surface area contributed by atoms with Gasteiger partial charge in [-0.1, -0.05) is 30.3 Å². The van der Waals surface area contributed by atoms with Crippen LogP contribution in [0.15, 0.2) is 48.5 Å². The van der Waals surface area contributed by atoms with E-state index in [0.717, 1.165) is 5.56 Å². The van der Waals surface area contributed by atoms with E-state index in [4.69, 9.17) is 4.74 Å². The SMILES string of the molecule is CC1(C)Oc2cc(O)ccc2N(Cc2ccccc2)C1=O. The number of rotatable bonds is 2. The highest BCUT2D eigenvalue weighted by molar-refractivity contribution is 6.02. The molecule has 0 bridgehead atoms. The van der Waals surface area contributed by atoms with Gasteiger partial charge in [0.25, 0.3) is 5.91 Å². The van der Waals surface area contributed by atoms with Gasteiger partial charge in [0, 0.05) is 6.07 Å². The number of hydrogen-bond acceptors (Lipinski definition) is 3. The van der Waals surface area contributed by atoms with Crippen molar-refractivity contribution in [1.29, 1.82) is 0 Å². The Bertz CT molecular complexity index is 680. The lowest BCUT2D eigenvalue weighted by Crippen LogP contribution is -2.52. The minimum absolute atomic E-state index is 0.0930. The van der Waals surface area contributed by atoms with Crippen LogP contribution in [0, 0.1) is 0 Å². The Labute approximate surface area is 123 Å². The molecule has 0 fully saturated rings. The molecule has 0 radical (unpaired) electrons. The zero-order valence-electron chi connectivity index (χ0n) is 12.0. The molecule has 1 aliphatic heterocycles. The molecule has 1 amide bonds. The van der Waals surface area contributed by atoms with Crippen molar-refractivity contribution >= 4 is 11.6 Å². The number of phenols is 1. The number of fused-ring (bicyclic) bond motifs is 1. The zero-order valence-corrected chi connectivity index (χ0v) is 12.0. The highest BCUT2D eigenvalue weighted by Crippen LogP contribution is 2.40. The number of carbonyl (C=O) groups is 1. The van der Waals surface area contributed by atoms with Crippen LogP contribution in [0.25, 0.3) is 0 Å². The van der Waals surface area contributed by atoms with Gasteiger partial charge in [-0.15, -0.1) is 0 Å². The molecule has 3 rings (SSSR count). The van der Waals surface area contributed by atoms with Crippen molar-refractivity contribution in [2.75, 3.05) is 4.90 Å². The average molecular weight is 283 g/mol. The first-order chi connectivity index (χ1) is 9.97. The number of amides is 1. The highest BCUT2D eigenvalue weighted by atomic mass is 16.5. The normalized spacial score (nSPS) is 16.3. The molecule has 1 heterocycles. The molecular weight excluding hydrogens is 266 g/mol. The standard InChI is InChI=1S/C17H17NO3/c1-17(2)16(20)18(11-12-6-4-3-5-7-12)14-9-8-13(19)10-15(14)21-17/h3-10,19H,11H2,1-2H3. The summed E-state index contributed by atoms with van der Waals surface area (Å²) >= 11 is 0. The molecule has 4 heteroatoms. The van der Waals surface area contributed by atoms with Crippen LogP contribution in [0.4, 0.5) is 5.69 Å². The molecule has 0 saturated heterocycles. The fourth-order valence-electron chi connectivity index (χ4n) is 2.48. The summed E-state index contributed by atoms with van der Waals surface area (Å²) in [5.41, 5.74) is 0.777. The number of hydrogen-bond donors (Lipinski definition) is 1. The third-order valence-electron chi connectivity index (χ3n) is 3.54. The summed E-state index contributed by atoms with van der Waals surface area (Å²) in [6.07, 6.45) is 0. The van der Waals surface area contributed by atoms with Crippen molar-refractivity contribution in [1.82, 2.24) is 0 Å². The van der Waals surface area contributed by atoms with Gasteiger partial charge < -0.3 is 14.7 Å². The number of nitrogens with zero attached hydrogens (tertiary/aromatic N) is 1. The molecule has 1 N–H and O–H groups in total. The lowest BCUT2D eigenvalue weighted by Gasteiger charge is -2.38. The lowest BCUT2D eigenvalue weighted by molar-refractivity contribution is -0.132. The maximum Gasteiger partial charge on any atom is 0.271 e. The van der Waals surface area contributed by atoms with Gasteiger partial charge in [0.1, 0.15) is 11.5 Å².